The summed E-state index contributed by atoms with van der Waals surface area (Å²) in [5, 5.41) is 5.88. The Bertz CT molecular complexity index is 384. The summed E-state index contributed by atoms with van der Waals surface area (Å²) in [6.07, 6.45) is 0. The maximum absolute atomic E-state index is 12.8. The lowest BCUT2D eigenvalue weighted by molar-refractivity contribution is -0.122. The number of rotatable bonds is 4. The molecular formula is C11H14ClFN2O. The van der Waals surface area contributed by atoms with Gasteiger partial charge in [-0.25, -0.2) is 4.39 Å². The van der Waals surface area contributed by atoms with Crippen LogP contribution in [0.4, 0.5) is 4.39 Å². The Morgan fingerprint density at radius 3 is 2.81 bits per heavy atom. The molecule has 2 N–H and O–H groups in total. The van der Waals surface area contributed by atoms with Crippen LogP contribution in [0.25, 0.3) is 0 Å². The van der Waals surface area contributed by atoms with Gasteiger partial charge in [-0.1, -0.05) is 17.7 Å². The van der Waals surface area contributed by atoms with Crippen LogP contribution in [0.5, 0.6) is 0 Å². The van der Waals surface area contributed by atoms with E-state index in [0.29, 0.717) is 11.6 Å². The van der Waals surface area contributed by atoms with E-state index in [1.807, 2.05) is 0 Å². The molecule has 1 aromatic carbocycles. The molecule has 0 aliphatic rings. The molecular weight excluding hydrogens is 231 g/mol. The largest absolute Gasteiger partial charge is 0.358 e. The van der Waals surface area contributed by atoms with Crippen LogP contribution in [0.1, 0.15) is 12.5 Å². The summed E-state index contributed by atoms with van der Waals surface area (Å²) >= 11 is 5.85. The summed E-state index contributed by atoms with van der Waals surface area (Å²) in [4.78, 5) is 11.2. The molecule has 0 saturated heterocycles. The van der Waals surface area contributed by atoms with E-state index < -0.39 is 0 Å². The maximum atomic E-state index is 12.8. The minimum Gasteiger partial charge on any atom is -0.358 e. The van der Waals surface area contributed by atoms with Crippen LogP contribution in [-0.4, -0.2) is 19.0 Å². The fourth-order valence-electron chi connectivity index (χ4n) is 1.24. The Hall–Kier alpha value is -1.13. The Morgan fingerprint density at radius 1 is 1.56 bits per heavy atom. The molecule has 5 heteroatoms. The first-order valence-electron chi connectivity index (χ1n) is 4.93. The molecule has 0 bridgehead atoms. The lowest BCUT2D eigenvalue weighted by atomic mass is 10.2. The third-order valence-electron chi connectivity index (χ3n) is 2.25. The summed E-state index contributed by atoms with van der Waals surface area (Å²) in [5.41, 5.74) is 0.763. The van der Waals surface area contributed by atoms with Gasteiger partial charge in [-0.15, -0.1) is 0 Å². The van der Waals surface area contributed by atoms with E-state index in [9.17, 15) is 9.18 Å². The molecule has 1 atom stereocenters. The van der Waals surface area contributed by atoms with Crippen molar-refractivity contribution in [1.82, 2.24) is 10.6 Å². The minimum absolute atomic E-state index is 0.0989. The lowest BCUT2D eigenvalue weighted by Gasteiger charge is -2.12. The van der Waals surface area contributed by atoms with Crippen LogP contribution in [-0.2, 0) is 11.3 Å². The number of hydrogen-bond acceptors (Lipinski definition) is 2. The van der Waals surface area contributed by atoms with Gasteiger partial charge in [-0.05, 0) is 24.6 Å². The second kappa shape index (κ2) is 5.82. The van der Waals surface area contributed by atoms with E-state index in [2.05, 4.69) is 10.6 Å². The molecule has 0 aromatic heterocycles. The molecule has 1 rings (SSSR count). The molecule has 1 aromatic rings. The highest BCUT2D eigenvalue weighted by molar-refractivity contribution is 6.31. The molecule has 0 aliphatic carbocycles. The van der Waals surface area contributed by atoms with Crippen LogP contribution >= 0.6 is 11.6 Å². The van der Waals surface area contributed by atoms with Gasteiger partial charge in [0.25, 0.3) is 0 Å². The molecule has 0 aliphatic heterocycles. The summed E-state index contributed by atoms with van der Waals surface area (Å²) in [6, 6.07) is 3.88. The molecule has 1 amide bonds. The van der Waals surface area contributed by atoms with E-state index >= 15 is 0 Å². The lowest BCUT2D eigenvalue weighted by Crippen LogP contribution is -2.40. The zero-order valence-corrected chi connectivity index (χ0v) is 9.94. The monoisotopic (exact) mass is 244 g/mol. The van der Waals surface area contributed by atoms with Crippen LogP contribution in [0, 0.1) is 5.82 Å². The number of amides is 1. The van der Waals surface area contributed by atoms with E-state index in [-0.39, 0.29) is 17.8 Å². The zero-order chi connectivity index (χ0) is 12.1. The van der Waals surface area contributed by atoms with Crippen molar-refractivity contribution in [2.75, 3.05) is 7.05 Å². The van der Waals surface area contributed by atoms with Crippen molar-refractivity contribution in [2.24, 2.45) is 0 Å². The average molecular weight is 245 g/mol. The van der Waals surface area contributed by atoms with Gasteiger partial charge >= 0.3 is 0 Å². The molecule has 88 valence electrons. The van der Waals surface area contributed by atoms with Gasteiger partial charge in [0.1, 0.15) is 5.82 Å². The highest BCUT2D eigenvalue weighted by Gasteiger charge is 2.10. The number of nitrogens with one attached hydrogen (secondary N) is 2. The number of halogens is 2. The standard InChI is InChI=1S/C11H14ClFN2O/c1-7(11(16)14-2)15-6-8-3-4-9(13)5-10(8)12/h3-5,7,15H,6H2,1-2H3,(H,14,16). The first kappa shape index (κ1) is 12.9. The number of carbonyl (C=O) groups is 1. The number of benzene rings is 1. The van der Waals surface area contributed by atoms with Crippen LogP contribution in [0.15, 0.2) is 18.2 Å². The number of likely N-dealkylation sites (N-methyl/N-ethyl adjacent to an activating group) is 1. The molecule has 0 heterocycles. The predicted octanol–water partition coefficient (Wildman–Crippen LogP) is 1.70. The van der Waals surface area contributed by atoms with Crippen molar-refractivity contribution in [3.63, 3.8) is 0 Å². The molecule has 0 fully saturated rings. The smallest absolute Gasteiger partial charge is 0.236 e. The highest BCUT2D eigenvalue weighted by Crippen LogP contribution is 2.16. The van der Waals surface area contributed by atoms with E-state index in [1.54, 1.807) is 20.0 Å². The summed E-state index contributed by atoms with van der Waals surface area (Å²) in [5.74, 6) is -0.466. The first-order valence-corrected chi connectivity index (χ1v) is 5.31. The predicted molar refractivity (Wildman–Crippen MR) is 61.8 cm³/mol. The number of hydrogen-bond donors (Lipinski definition) is 2. The topological polar surface area (TPSA) is 41.1 Å². The number of carbonyl (C=O) groups excluding carboxylic acids is 1. The van der Waals surface area contributed by atoms with Crippen molar-refractivity contribution in [3.8, 4) is 0 Å². The van der Waals surface area contributed by atoms with Crippen molar-refractivity contribution < 1.29 is 9.18 Å². The third-order valence-corrected chi connectivity index (χ3v) is 2.61. The summed E-state index contributed by atoms with van der Waals surface area (Å²) in [7, 11) is 1.57. The van der Waals surface area contributed by atoms with Gasteiger partial charge in [0, 0.05) is 18.6 Å². The van der Waals surface area contributed by atoms with Crippen molar-refractivity contribution in [3.05, 3.63) is 34.6 Å². The molecule has 3 nitrogen and oxygen atoms in total. The van der Waals surface area contributed by atoms with E-state index in [0.717, 1.165) is 5.56 Å². The van der Waals surface area contributed by atoms with Gasteiger partial charge in [0.15, 0.2) is 0 Å². The Morgan fingerprint density at radius 2 is 2.25 bits per heavy atom. The fraction of sp³-hybridized carbons (Fsp3) is 0.364. The van der Waals surface area contributed by atoms with Gasteiger partial charge in [0.05, 0.1) is 6.04 Å². The second-order valence-electron chi connectivity index (χ2n) is 3.45. The third kappa shape index (κ3) is 3.47. The quantitative estimate of drug-likeness (QED) is 0.847. The normalized spacial score (nSPS) is 12.2. The Labute approximate surface area is 99.0 Å². The molecule has 0 radical (unpaired) electrons. The fourth-order valence-corrected chi connectivity index (χ4v) is 1.47. The van der Waals surface area contributed by atoms with Crippen LogP contribution in [0.3, 0.4) is 0 Å². The maximum Gasteiger partial charge on any atom is 0.236 e. The van der Waals surface area contributed by atoms with Gasteiger partial charge in [-0.2, -0.15) is 0 Å². The average Bonchev–Trinajstić information content (AvgIpc) is 2.26. The Balaban J connectivity index is 2.58. The molecule has 1 unspecified atom stereocenters. The van der Waals surface area contributed by atoms with Crippen LogP contribution < -0.4 is 10.6 Å². The second-order valence-corrected chi connectivity index (χ2v) is 3.86. The van der Waals surface area contributed by atoms with Crippen molar-refractivity contribution in [1.29, 1.82) is 0 Å². The Kier molecular flexibility index (Phi) is 4.71. The summed E-state index contributed by atoms with van der Waals surface area (Å²) < 4.78 is 12.8. The van der Waals surface area contributed by atoms with Gasteiger partial charge < -0.3 is 10.6 Å². The van der Waals surface area contributed by atoms with E-state index in [1.165, 1.54) is 12.1 Å². The molecule has 0 saturated carbocycles. The zero-order valence-electron chi connectivity index (χ0n) is 9.18. The van der Waals surface area contributed by atoms with Crippen molar-refractivity contribution in [2.45, 2.75) is 19.5 Å². The first-order chi connectivity index (χ1) is 7.54. The molecule has 16 heavy (non-hydrogen) atoms. The van der Waals surface area contributed by atoms with E-state index in [4.69, 9.17) is 11.6 Å². The van der Waals surface area contributed by atoms with Crippen molar-refractivity contribution >= 4 is 17.5 Å². The molecule has 0 spiro atoms. The van der Waals surface area contributed by atoms with Crippen LogP contribution in [0.2, 0.25) is 5.02 Å². The van der Waals surface area contributed by atoms with Gasteiger partial charge in [0.2, 0.25) is 5.91 Å². The SMILES string of the molecule is CNC(=O)C(C)NCc1ccc(F)cc1Cl. The van der Waals surface area contributed by atoms with Gasteiger partial charge in [-0.3, -0.25) is 4.79 Å². The highest BCUT2D eigenvalue weighted by atomic mass is 35.5. The minimum atomic E-state index is -0.368. The summed E-state index contributed by atoms with van der Waals surface area (Å²) in [6.45, 7) is 2.17.